The second-order valence-electron chi connectivity index (χ2n) is 4.27. The maximum atomic E-state index is 10.9. The summed E-state index contributed by atoms with van der Waals surface area (Å²) < 4.78 is 32.3. The number of hydrogen-bond donors (Lipinski definition) is 3. The van der Waals surface area contributed by atoms with Crippen LogP contribution in [0.1, 0.15) is 5.56 Å². The maximum Gasteiger partial charge on any atom is 1.00 e. The molecule has 0 aliphatic rings. The molecule has 13 heteroatoms. The minimum atomic E-state index is -4.73. The van der Waals surface area contributed by atoms with Crippen molar-refractivity contribution < 1.29 is 96.7 Å². The van der Waals surface area contributed by atoms with Gasteiger partial charge in [-0.05, 0) is 24.3 Å². The monoisotopic (exact) mass is 444 g/mol. The number of rotatable bonds is 6. The Morgan fingerprint density at radius 3 is 1.86 bits per heavy atom. The van der Waals surface area contributed by atoms with Crippen molar-refractivity contribution in [3.63, 3.8) is 0 Å². The summed E-state index contributed by atoms with van der Waals surface area (Å²) in [4.78, 5) is 28.8. The van der Waals surface area contributed by atoms with E-state index < -0.39 is 38.5 Å². The number of primary amides is 1. The van der Waals surface area contributed by atoms with Gasteiger partial charge in [0.2, 0.25) is 11.8 Å². The molecule has 1 aromatic rings. The average molecular weight is 444 g/mol. The molecule has 0 aromatic heterocycles. The first kappa shape index (κ1) is 35.0. The van der Waals surface area contributed by atoms with E-state index in [-0.39, 0.29) is 71.2 Å². The smallest absolute Gasteiger partial charge is 0.744 e. The van der Waals surface area contributed by atoms with Crippen molar-refractivity contribution in [2.75, 3.05) is 0 Å². The minimum absolute atomic E-state index is 0. The van der Waals surface area contributed by atoms with Crippen LogP contribution in [0.5, 0.6) is 5.75 Å². The third kappa shape index (κ3) is 18.3. The number of aromatic hydroxyl groups is 1. The van der Waals surface area contributed by atoms with Gasteiger partial charge < -0.3 is 30.6 Å². The third-order valence-electron chi connectivity index (χ3n) is 2.36. The van der Waals surface area contributed by atoms with E-state index >= 15 is 0 Å². The predicted octanol–water partition coefficient (Wildman–Crippen LogP) is -7.31. The molecular formula is C16H18N2Na2O8S. The van der Waals surface area contributed by atoms with E-state index in [0.717, 1.165) is 24.3 Å². The number of hydrogen-bond acceptors (Lipinski definition) is 8. The van der Waals surface area contributed by atoms with Crippen LogP contribution < -0.4 is 75.3 Å². The Kier molecular flexibility index (Phi) is 22.4. The van der Waals surface area contributed by atoms with Crippen LogP contribution in [0.3, 0.4) is 0 Å². The van der Waals surface area contributed by atoms with E-state index in [0.29, 0.717) is 0 Å². The van der Waals surface area contributed by atoms with Crippen LogP contribution in [0.25, 0.3) is 0 Å². The minimum Gasteiger partial charge on any atom is -0.744 e. The van der Waals surface area contributed by atoms with Crippen LogP contribution in [0.2, 0.25) is 0 Å². The number of carbonyl (C=O) groups excluding carboxylic acids is 3. The molecule has 10 nitrogen and oxygen atoms in total. The molecule has 0 aliphatic heterocycles. The summed E-state index contributed by atoms with van der Waals surface area (Å²) in [5, 5.41) is 21.0. The number of nitrogens with one attached hydrogen (secondary N) is 1. The molecule has 0 unspecified atom stereocenters. The van der Waals surface area contributed by atoms with Crippen molar-refractivity contribution >= 4 is 27.9 Å². The van der Waals surface area contributed by atoms with Crippen LogP contribution in [0, 0.1) is 0 Å². The Balaban J connectivity index is -0.000000219. The zero-order chi connectivity index (χ0) is 21.6. The molecule has 1 rings (SSSR count). The fourth-order valence-corrected chi connectivity index (χ4v) is 1.78. The quantitative estimate of drug-likeness (QED) is 0.219. The van der Waals surface area contributed by atoms with E-state index in [1.165, 1.54) is 12.1 Å². The number of amides is 2. The Morgan fingerprint density at radius 2 is 1.55 bits per heavy atom. The molecule has 2 amide bonds. The molecule has 0 radical (unpaired) electrons. The molecule has 0 saturated carbocycles. The molecule has 0 bridgehead atoms. The first-order valence-electron chi connectivity index (χ1n) is 6.82. The van der Waals surface area contributed by atoms with E-state index in [9.17, 15) is 27.7 Å². The van der Waals surface area contributed by atoms with Crippen molar-refractivity contribution in [3.8, 4) is 5.75 Å². The van der Waals surface area contributed by atoms with Gasteiger partial charge in [0, 0.05) is 12.1 Å². The summed E-state index contributed by atoms with van der Waals surface area (Å²) in [6, 6.07) is 3.70. The molecule has 0 saturated heterocycles. The van der Waals surface area contributed by atoms with Crippen molar-refractivity contribution in [2.45, 2.75) is 11.4 Å². The van der Waals surface area contributed by atoms with E-state index in [2.05, 4.69) is 30.8 Å². The number of carboxylic acid groups (broad SMARTS) is 1. The zero-order valence-corrected chi connectivity index (χ0v) is 20.9. The summed E-state index contributed by atoms with van der Waals surface area (Å²) in [6.45, 7) is 9.12. The number of phenolic OH excluding ortho intramolecular Hbond substituents is 1. The molecule has 0 aliphatic carbocycles. The summed E-state index contributed by atoms with van der Waals surface area (Å²) in [6.07, 6.45) is 2.81. The van der Waals surface area contributed by atoms with Gasteiger partial charge in [-0.3, -0.25) is 9.59 Å². The van der Waals surface area contributed by atoms with Crippen LogP contribution in [-0.4, -0.2) is 35.9 Å². The summed E-state index contributed by atoms with van der Waals surface area (Å²) in [5.74, 6) is -2.83. The van der Waals surface area contributed by atoms with E-state index in [1.54, 1.807) is 0 Å². The summed E-state index contributed by atoms with van der Waals surface area (Å²) in [5.41, 5.74) is 4.67. The van der Waals surface area contributed by atoms with Gasteiger partial charge in [0.05, 0.1) is 10.9 Å². The van der Waals surface area contributed by atoms with Crippen molar-refractivity contribution in [1.82, 2.24) is 5.32 Å². The summed E-state index contributed by atoms with van der Waals surface area (Å²) >= 11 is 0. The fraction of sp³-hybridized carbons (Fsp3) is 0.0625. The van der Waals surface area contributed by atoms with Crippen LogP contribution >= 0.6 is 0 Å². The second kappa shape index (κ2) is 18.6. The predicted molar refractivity (Wildman–Crippen MR) is 92.7 cm³/mol. The SMILES string of the molecule is C=CC(=O)NCc1cccc(S(=O)(=O)[O-])c1O.C=CC(=O)[O-].C=CC(N)=O.[Na+].[Na+]. The first-order chi connectivity index (χ1) is 12.4. The van der Waals surface area contributed by atoms with Gasteiger partial charge in [0.15, 0.2) is 0 Å². The second-order valence-corrected chi connectivity index (χ2v) is 5.62. The Morgan fingerprint density at radius 1 is 1.10 bits per heavy atom. The molecular weight excluding hydrogens is 426 g/mol. The Hall–Kier alpha value is -1.44. The van der Waals surface area contributed by atoms with Crippen LogP contribution in [0.4, 0.5) is 0 Å². The number of benzene rings is 1. The Labute approximate surface area is 212 Å². The number of phenols is 1. The molecule has 0 fully saturated rings. The molecule has 0 spiro atoms. The number of aliphatic carboxylic acids is 1. The molecule has 148 valence electrons. The van der Waals surface area contributed by atoms with Gasteiger partial charge >= 0.3 is 59.1 Å². The molecule has 29 heavy (non-hydrogen) atoms. The van der Waals surface area contributed by atoms with Crippen molar-refractivity contribution in [3.05, 3.63) is 61.7 Å². The van der Waals surface area contributed by atoms with Gasteiger partial charge in [-0.2, -0.15) is 0 Å². The van der Waals surface area contributed by atoms with Gasteiger partial charge in [-0.15, -0.1) is 0 Å². The normalized spacial score (nSPS) is 8.59. The van der Waals surface area contributed by atoms with E-state index in [4.69, 9.17) is 9.90 Å². The molecule has 0 heterocycles. The zero-order valence-electron chi connectivity index (χ0n) is 16.1. The first-order valence-corrected chi connectivity index (χ1v) is 8.23. The fourth-order valence-electron chi connectivity index (χ4n) is 1.17. The van der Waals surface area contributed by atoms with Gasteiger partial charge in [0.1, 0.15) is 15.9 Å². The van der Waals surface area contributed by atoms with Crippen LogP contribution in [-0.2, 0) is 31.0 Å². The van der Waals surface area contributed by atoms with Crippen molar-refractivity contribution in [1.29, 1.82) is 0 Å². The maximum absolute atomic E-state index is 10.9. The Bertz CT molecular complexity index is 808. The number of nitrogens with two attached hydrogens (primary N) is 1. The number of carbonyl (C=O) groups is 3. The topological polar surface area (TPSA) is 190 Å². The van der Waals surface area contributed by atoms with Gasteiger partial charge in [-0.25, -0.2) is 8.42 Å². The standard InChI is InChI=1S/C10H11NO5S.C3H5NO.C3H4O2.2Na/c1-2-9(12)11-6-7-4-3-5-8(10(7)13)17(14,15)16;2*1-2-3(4)5;;/h2-5,13H,1,6H2,(H,11,12)(H,14,15,16);2H,1H2,(H2,4,5);2H,1H2,(H,4,5);;/q;;;2*+1/p-2. The largest absolute Gasteiger partial charge is 1.00 e. The van der Waals surface area contributed by atoms with E-state index in [1.807, 2.05) is 0 Å². The van der Waals surface area contributed by atoms with Gasteiger partial charge in [-0.1, -0.05) is 31.9 Å². The average Bonchev–Trinajstić information content (AvgIpc) is 2.60. The van der Waals surface area contributed by atoms with Crippen LogP contribution in [0.15, 0.2) is 61.1 Å². The number of para-hydroxylation sites is 1. The molecule has 1 aromatic carbocycles. The summed E-state index contributed by atoms with van der Waals surface area (Å²) in [7, 11) is -4.73. The molecule has 0 atom stereocenters. The molecule has 4 N–H and O–H groups in total. The van der Waals surface area contributed by atoms with Gasteiger partial charge in [0.25, 0.3) is 0 Å². The van der Waals surface area contributed by atoms with Crippen molar-refractivity contribution in [2.24, 2.45) is 5.73 Å². The number of carboxylic acids is 1. The third-order valence-corrected chi connectivity index (χ3v) is 3.23.